The fourth-order valence-electron chi connectivity index (χ4n) is 1.73. The molecule has 1 rings (SSSR count). The molecule has 21 heavy (non-hydrogen) atoms. The van der Waals surface area contributed by atoms with E-state index < -0.39 is 28.3 Å². The van der Waals surface area contributed by atoms with Gasteiger partial charge in [0.2, 0.25) is 0 Å². The third-order valence-corrected chi connectivity index (χ3v) is 2.92. The van der Waals surface area contributed by atoms with E-state index in [0.29, 0.717) is 5.56 Å². The number of nitrogens with two attached hydrogens (primary N) is 1. The molecule has 1 atom stereocenters. The fourth-order valence-corrected chi connectivity index (χ4v) is 1.73. The van der Waals surface area contributed by atoms with Crippen molar-refractivity contribution < 1.29 is 19.2 Å². The third-order valence-electron chi connectivity index (χ3n) is 2.92. The van der Waals surface area contributed by atoms with E-state index in [1.165, 1.54) is 19.1 Å². The van der Waals surface area contributed by atoms with Gasteiger partial charge in [0.1, 0.15) is 0 Å². The van der Waals surface area contributed by atoms with E-state index in [1.54, 1.807) is 0 Å². The Morgan fingerprint density at radius 2 is 1.90 bits per heavy atom. The number of amides is 1. The first-order chi connectivity index (χ1) is 9.54. The summed E-state index contributed by atoms with van der Waals surface area (Å²) < 4.78 is 4.82. The number of nitrogens with zero attached hydrogens (tertiary/aromatic N) is 1. The summed E-state index contributed by atoms with van der Waals surface area (Å²) in [6.45, 7) is 6.84. The van der Waals surface area contributed by atoms with Crippen molar-refractivity contribution in [3.05, 3.63) is 39.4 Å². The van der Waals surface area contributed by atoms with E-state index in [-0.39, 0.29) is 11.3 Å². The van der Waals surface area contributed by atoms with Gasteiger partial charge in [-0.25, -0.2) is 4.79 Å². The van der Waals surface area contributed by atoms with Gasteiger partial charge in [-0.1, -0.05) is 26.8 Å². The molecule has 114 valence electrons. The fraction of sp³-hybridized carbons (Fsp3) is 0.429. The number of primary amides is 1. The van der Waals surface area contributed by atoms with Crippen LogP contribution in [0.25, 0.3) is 0 Å². The standard InChI is InChI=1S/C14H18N2O5/c1-8(12(15)17)21-13(18)9-5-6-10(14(2,3)4)11(7-9)16(19)20/h5-8H,1-4H3,(H2,15,17). The van der Waals surface area contributed by atoms with Gasteiger partial charge < -0.3 is 10.5 Å². The predicted octanol–water partition coefficient (Wildman–Crippen LogP) is 1.92. The van der Waals surface area contributed by atoms with Crippen molar-refractivity contribution in [3.63, 3.8) is 0 Å². The molecule has 1 aromatic rings. The molecule has 0 bridgehead atoms. The van der Waals surface area contributed by atoms with Gasteiger partial charge in [-0.3, -0.25) is 14.9 Å². The molecule has 0 fully saturated rings. The average molecular weight is 294 g/mol. The predicted molar refractivity (Wildman–Crippen MR) is 75.9 cm³/mol. The molecule has 1 amide bonds. The van der Waals surface area contributed by atoms with E-state index in [1.807, 2.05) is 20.8 Å². The van der Waals surface area contributed by atoms with Gasteiger partial charge in [-0.15, -0.1) is 0 Å². The van der Waals surface area contributed by atoms with Crippen LogP contribution in [0.2, 0.25) is 0 Å². The number of carbonyl (C=O) groups excluding carboxylic acids is 2. The van der Waals surface area contributed by atoms with Gasteiger partial charge in [-0.2, -0.15) is 0 Å². The van der Waals surface area contributed by atoms with Crippen molar-refractivity contribution in [2.45, 2.75) is 39.2 Å². The topological polar surface area (TPSA) is 113 Å². The first-order valence-electron chi connectivity index (χ1n) is 6.33. The molecule has 0 saturated carbocycles. The van der Waals surface area contributed by atoms with Crippen LogP contribution in [0.1, 0.15) is 43.6 Å². The number of rotatable bonds is 4. The second-order valence-electron chi connectivity index (χ2n) is 5.69. The largest absolute Gasteiger partial charge is 0.449 e. The minimum absolute atomic E-state index is 0.00259. The minimum Gasteiger partial charge on any atom is -0.449 e. The highest BCUT2D eigenvalue weighted by molar-refractivity contribution is 5.92. The lowest BCUT2D eigenvalue weighted by molar-refractivity contribution is -0.386. The van der Waals surface area contributed by atoms with Crippen molar-refractivity contribution >= 4 is 17.6 Å². The van der Waals surface area contributed by atoms with Gasteiger partial charge in [0.15, 0.2) is 6.10 Å². The molecule has 0 heterocycles. The Morgan fingerprint density at radius 3 is 2.33 bits per heavy atom. The molecule has 1 unspecified atom stereocenters. The van der Waals surface area contributed by atoms with Crippen LogP contribution < -0.4 is 5.73 Å². The van der Waals surface area contributed by atoms with Crippen LogP contribution in [0.15, 0.2) is 18.2 Å². The molecule has 7 nitrogen and oxygen atoms in total. The lowest BCUT2D eigenvalue weighted by Gasteiger charge is -2.19. The highest BCUT2D eigenvalue weighted by Crippen LogP contribution is 2.32. The van der Waals surface area contributed by atoms with Crippen molar-refractivity contribution in [1.29, 1.82) is 0 Å². The second-order valence-corrected chi connectivity index (χ2v) is 5.69. The summed E-state index contributed by atoms with van der Waals surface area (Å²) >= 11 is 0. The van der Waals surface area contributed by atoms with E-state index in [2.05, 4.69) is 0 Å². The minimum atomic E-state index is -1.10. The van der Waals surface area contributed by atoms with Crippen LogP contribution in [-0.2, 0) is 14.9 Å². The van der Waals surface area contributed by atoms with E-state index in [0.717, 1.165) is 6.07 Å². The van der Waals surface area contributed by atoms with Crippen LogP contribution in [0.3, 0.4) is 0 Å². The van der Waals surface area contributed by atoms with E-state index in [4.69, 9.17) is 10.5 Å². The van der Waals surface area contributed by atoms with Gasteiger partial charge in [0.25, 0.3) is 11.6 Å². The zero-order valence-corrected chi connectivity index (χ0v) is 12.4. The summed E-state index contributed by atoms with van der Waals surface area (Å²) in [7, 11) is 0. The van der Waals surface area contributed by atoms with Gasteiger partial charge in [0.05, 0.1) is 10.5 Å². The Kier molecular flexibility index (Phi) is 4.67. The van der Waals surface area contributed by atoms with Gasteiger partial charge >= 0.3 is 5.97 Å². The number of benzene rings is 1. The lowest BCUT2D eigenvalue weighted by atomic mass is 9.85. The van der Waals surface area contributed by atoms with Crippen LogP contribution >= 0.6 is 0 Å². The monoisotopic (exact) mass is 294 g/mol. The number of ether oxygens (including phenoxy) is 1. The Labute approximate surface area is 122 Å². The Balaban J connectivity index is 3.18. The molecule has 0 spiro atoms. The number of carbonyl (C=O) groups is 2. The zero-order chi connectivity index (χ0) is 16.4. The molecule has 0 aliphatic carbocycles. The van der Waals surface area contributed by atoms with Gasteiger partial charge in [-0.05, 0) is 18.4 Å². The first kappa shape index (κ1) is 16.6. The summed E-state index contributed by atoms with van der Waals surface area (Å²) in [6.07, 6.45) is -1.10. The maximum Gasteiger partial charge on any atom is 0.339 e. The highest BCUT2D eigenvalue weighted by atomic mass is 16.6. The number of nitro groups is 1. The normalized spacial score (nSPS) is 12.6. The quantitative estimate of drug-likeness (QED) is 0.518. The molecule has 1 aromatic carbocycles. The second kappa shape index (κ2) is 5.90. The summed E-state index contributed by atoms with van der Waals surface area (Å²) in [5.41, 5.74) is 4.90. The van der Waals surface area contributed by atoms with E-state index in [9.17, 15) is 19.7 Å². The summed E-state index contributed by atoms with van der Waals surface area (Å²) in [6, 6.07) is 4.10. The molecule has 0 aliphatic rings. The maximum absolute atomic E-state index is 11.8. The smallest absolute Gasteiger partial charge is 0.339 e. The van der Waals surface area contributed by atoms with E-state index >= 15 is 0 Å². The SMILES string of the molecule is CC(OC(=O)c1ccc(C(C)(C)C)c([N+](=O)[O-])c1)C(N)=O. The van der Waals surface area contributed by atoms with Crippen molar-refractivity contribution in [3.8, 4) is 0 Å². The molecule has 2 N–H and O–H groups in total. The molecule has 0 radical (unpaired) electrons. The highest BCUT2D eigenvalue weighted by Gasteiger charge is 2.27. The Bertz CT molecular complexity index is 590. The molecule has 0 saturated heterocycles. The van der Waals surface area contributed by atoms with Crippen molar-refractivity contribution in [1.82, 2.24) is 0 Å². The molecule has 7 heteroatoms. The van der Waals surface area contributed by atoms with Crippen LogP contribution in [-0.4, -0.2) is 22.9 Å². The molecule has 0 aromatic heterocycles. The number of nitro benzene ring substituents is 1. The van der Waals surface area contributed by atoms with Gasteiger partial charge in [0, 0.05) is 11.6 Å². The Morgan fingerprint density at radius 1 is 1.33 bits per heavy atom. The first-order valence-corrected chi connectivity index (χ1v) is 6.33. The Hall–Kier alpha value is -2.44. The summed E-state index contributed by atoms with van der Waals surface area (Å²) in [5, 5.41) is 11.2. The number of esters is 1. The lowest BCUT2D eigenvalue weighted by Crippen LogP contribution is -2.30. The summed E-state index contributed by atoms with van der Waals surface area (Å²) in [5.74, 6) is -1.62. The zero-order valence-electron chi connectivity index (χ0n) is 12.4. The van der Waals surface area contributed by atoms with Crippen LogP contribution in [0, 0.1) is 10.1 Å². The molecular weight excluding hydrogens is 276 g/mol. The average Bonchev–Trinajstić information content (AvgIpc) is 2.36. The number of hydrogen-bond acceptors (Lipinski definition) is 5. The maximum atomic E-state index is 11.8. The van der Waals surface area contributed by atoms with Crippen molar-refractivity contribution in [2.75, 3.05) is 0 Å². The van der Waals surface area contributed by atoms with Crippen LogP contribution in [0.4, 0.5) is 5.69 Å². The third kappa shape index (κ3) is 4.01. The van der Waals surface area contributed by atoms with Crippen molar-refractivity contribution in [2.24, 2.45) is 5.73 Å². The van der Waals surface area contributed by atoms with Crippen LogP contribution in [0.5, 0.6) is 0 Å². The molecule has 0 aliphatic heterocycles. The number of hydrogen-bond donors (Lipinski definition) is 1. The summed E-state index contributed by atoms with van der Waals surface area (Å²) in [4.78, 5) is 33.3. The molecular formula is C14H18N2O5.